The van der Waals surface area contributed by atoms with Gasteiger partial charge in [0.15, 0.2) is 0 Å². The lowest BCUT2D eigenvalue weighted by Crippen LogP contribution is -2.45. The van der Waals surface area contributed by atoms with Crippen molar-refractivity contribution in [2.75, 3.05) is 32.1 Å². The van der Waals surface area contributed by atoms with Crippen LogP contribution in [-0.2, 0) is 14.3 Å². The molecule has 0 unspecified atom stereocenters. The average molecular weight is 369 g/mol. The van der Waals surface area contributed by atoms with Gasteiger partial charge in [-0.1, -0.05) is 18.2 Å². The second kappa shape index (κ2) is 8.05. The van der Waals surface area contributed by atoms with E-state index in [4.69, 9.17) is 4.74 Å². The molecule has 1 aromatic heterocycles. The lowest BCUT2D eigenvalue weighted by Gasteiger charge is -2.36. The third-order valence-corrected chi connectivity index (χ3v) is 5.24. The number of nitrogens with one attached hydrogen (secondary N) is 1. The van der Waals surface area contributed by atoms with Crippen molar-refractivity contribution < 1.29 is 14.3 Å². The first kappa shape index (κ1) is 19.3. The third-order valence-electron chi connectivity index (χ3n) is 5.24. The molecule has 0 bridgehead atoms. The van der Waals surface area contributed by atoms with Gasteiger partial charge in [0.05, 0.1) is 29.6 Å². The molecule has 6 nitrogen and oxygen atoms in total. The Balaban J connectivity index is 1.63. The van der Waals surface area contributed by atoms with E-state index in [0.717, 1.165) is 42.5 Å². The lowest BCUT2D eigenvalue weighted by atomic mass is 9.89. The van der Waals surface area contributed by atoms with Gasteiger partial charge in [0.1, 0.15) is 0 Å². The fraction of sp³-hybridized carbons (Fsp3) is 0.476. The number of fused-ring (bicyclic) bond motifs is 1. The minimum Gasteiger partial charge on any atom is -0.469 e. The van der Waals surface area contributed by atoms with Crippen molar-refractivity contribution in [1.29, 1.82) is 0 Å². The first-order chi connectivity index (χ1) is 12.9. The van der Waals surface area contributed by atoms with Crippen LogP contribution >= 0.6 is 0 Å². The smallest absolute Gasteiger partial charge is 0.308 e. The highest BCUT2D eigenvalue weighted by Crippen LogP contribution is 2.27. The molecule has 1 aromatic carbocycles. The van der Waals surface area contributed by atoms with E-state index < -0.39 is 5.41 Å². The van der Waals surface area contributed by atoms with Gasteiger partial charge in [-0.3, -0.25) is 14.6 Å². The van der Waals surface area contributed by atoms with Crippen molar-refractivity contribution in [1.82, 2.24) is 9.88 Å². The van der Waals surface area contributed by atoms with Crippen LogP contribution in [0.1, 0.15) is 26.7 Å². The maximum absolute atomic E-state index is 12.9. The number of piperidine rings is 1. The fourth-order valence-corrected chi connectivity index (χ4v) is 3.62. The van der Waals surface area contributed by atoms with E-state index in [0.29, 0.717) is 6.54 Å². The van der Waals surface area contributed by atoms with E-state index in [9.17, 15) is 9.59 Å². The maximum atomic E-state index is 12.9. The maximum Gasteiger partial charge on any atom is 0.308 e. The predicted octanol–water partition coefficient (Wildman–Crippen LogP) is 3.08. The van der Waals surface area contributed by atoms with Crippen LogP contribution in [0.25, 0.3) is 10.9 Å². The molecule has 6 heteroatoms. The highest BCUT2D eigenvalue weighted by molar-refractivity contribution is 6.02. The quantitative estimate of drug-likeness (QED) is 0.820. The Kier molecular flexibility index (Phi) is 5.75. The number of carbonyl (C=O) groups is 2. The van der Waals surface area contributed by atoms with E-state index in [1.807, 2.05) is 44.2 Å². The van der Waals surface area contributed by atoms with Gasteiger partial charge in [-0.15, -0.1) is 0 Å². The number of ether oxygens (including phenoxy) is 1. The molecule has 27 heavy (non-hydrogen) atoms. The summed E-state index contributed by atoms with van der Waals surface area (Å²) in [6.45, 7) is 6.14. The summed E-state index contributed by atoms with van der Waals surface area (Å²) in [5, 5.41) is 4.05. The van der Waals surface area contributed by atoms with E-state index in [2.05, 4.69) is 15.2 Å². The molecule has 0 atom stereocenters. The number of hydrogen-bond donors (Lipinski definition) is 1. The highest BCUT2D eigenvalue weighted by atomic mass is 16.5. The summed E-state index contributed by atoms with van der Waals surface area (Å²) in [6, 6.07) is 9.65. The summed E-state index contributed by atoms with van der Waals surface area (Å²) in [4.78, 5) is 31.2. The molecule has 0 radical (unpaired) electrons. The van der Waals surface area contributed by atoms with E-state index in [1.54, 1.807) is 6.20 Å². The minimum atomic E-state index is -0.560. The fourth-order valence-electron chi connectivity index (χ4n) is 3.62. The molecule has 1 amide bonds. The number of pyridine rings is 1. The van der Waals surface area contributed by atoms with Crippen LogP contribution in [0.3, 0.4) is 0 Å². The molecule has 0 aliphatic carbocycles. The number of anilines is 1. The molecule has 1 aliphatic rings. The van der Waals surface area contributed by atoms with Gasteiger partial charge >= 0.3 is 5.97 Å². The Morgan fingerprint density at radius 3 is 2.63 bits per heavy atom. The summed E-state index contributed by atoms with van der Waals surface area (Å²) >= 11 is 0. The Morgan fingerprint density at radius 1 is 1.22 bits per heavy atom. The summed E-state index contributed by atoms with van der Waals surface area (Å²) in [5.41, 5.74) is 0.966. The van der Waals surface area contributed by atoms with Crippen molar-refractivity contribution in [3.63, 3.8) is 0 Å². The van der Waals surface area contributed by atoms with Gasteiger partial charge in [-0.25, -0.2) is 0 Å². The number of amides is 1. The van der Waals surface area contributed by atoms with Gasteiger partial charge < -0.3 is 15.0 Å². The molecule has 0 saturated carbocycles. The topological polar surface area (TPSA) is 71.5 Å². The zero-order chi connectivity index (χ0) is 19.4. The van der Waals surface area contributed by atoms with Crippen molar-refractivity contribution in [2.45, 2.75) is 26.7 Å². The minimum absolute atomic E-state index is 0.0232. The van der Waals surface area contributed by atoms with Crippen LogP contribution in [0.15, 0.2) is 36.5 Å². The van der Waals surface area contributed by atoms with Crippen LogP contribution in [0, 0.1) is 11.3 Å². The summed E-state index contributed by atoms with van der Waals surface area (Å²) in [6.07, 6.45) is 3.28. The number of aromatic nitrogens is 1. The van der Waals surface area contributed by atoms with Gasteiger partial charge in [0.25, 0.3) is 0 Å². The predicted molar refractivity (Wildman–Crippen MR) is 105 cm³/mol. The largest absolute Gasteiger partial charge is 0.469 e. The van der Waals surface area contributed by atoms with Crippen LogP contribution in [0.5, 0.6) is 0 Å². The number of nitrogens with zero attached hydrogens (tertiary/aromatic N) is 2. The molecule has 0 spiro atoms. The van der Waals surface area contributed by atoms with Crippen molar-refractivity contribution in [3.05, 3.63) is 36.5 Å². The van der Waals surface area contributed by atoms with Crippen molar-refractivity contribution in [3.8, 4) is 0 Å². The number of esters is 1. The van der Waals surface area contributed by atoms with Crippen molar-refractivity contribution in [2.24, 2.45) is 11.3 Å². The zero-order valence-corrected chi connectivity index (χ0v) is 16.2. The van der Waals surface area contributed by atoms with E-state index >= 15 is 0 Å². The number of methoxy groups -OCH3 is 1. The average Bonchev–Trinajstić information content (AvgIpc) is 2.68. The number of rotatable bonds is 5. The van der Waals surface area contributed by atoms with Crippen LogP contribution < -0.4 is 5.32 Å². The molecule has 1 saturated heterocycles. The second-order valence-electron chi connectivity index (χ2n) is 7.79. The SMILES string of the molecule is COC(=O)C1CCN(CC(C)(C)C(=O)Nc2cccc3cccnc23)CC1. The number of hydrogen-bond acceptors (Lipinski definition) is 5. The molecule has 1 fully saturated rings. The van der Waals surface area contributed by atoms with E-state index in [-0.39, 0.29) is 17.8 Å². The molecule has 1 N–H and O–H groups in total. The first-order valence-electron chi connectivity index (χ1n) is 9.36. The Hall–Kier alpha value is -2.47. The van der Waals surface area contributed by atoms with Crippen LogP contribution in [0.2, 0.25) is 0 Å². The summed E-state index contributed by atoms with van der Waals surface area (Å²) < 4.78 is 4.84. The molecule has 144 valence electrons. The molecule has 3 rings (SSSR count). The van der Waals surface area contributed by atoms with E-state index in [1.165, 1.54) is 7.11 Å². The number of para-hydroxylation sites is 1. The van der Waals surface area contributed by atoms with Gasteiger partial charge in [0.2, 0.25) is 5.91 Å². The molecule has 1 aliphatic heterocycles. The van der Waals surface area contributed by atoms with Crippen molar-refractivity contribution >= 4 is 28.5 Å². The highest BCUT2D eigenvalue weighted by Gasteiger charge is 2.33. The van der Waals surface area contributed by atoms with Gasteiger partial charge in [-0.2, -0.15) is 0 Å². The van der Waals surface area contributed by atoms with Crippen LogP contribution in [-0.4, -0.2) is 48.5 Å². The normalized spacial score (nSPS) is 16.3. The second-order valence-corrected chi connectivity index (χ2v) is 7.79. The Bertz CT molecular complexity index is 821. The molecular formula is C21H27N3O3. The Morgan fingerprint density at radius 2 is 1.93 bits per heavy atom. The Labute approximate surface area is 159 Å². The summed E-state index contributed by atoms with van der Waals surface area (Å²) in [7, 11) is 1.43. The van der Waals surface area contributed by atoms with Crippen LogP contribution in [0.4, 0.5) is 5.69 Å². The monoisotopic (exact) mass is 369 g/mol. The number of carbonyl (C=O) groups excluding carboxylic acids is 2. The lowest BCUT2D eigenvalue weighted by molar-refractivity contribution is -0.147. The zero-order valence-electron chi connectivity index (χ0n) is 16.2. The standard InChI is InChI=1S/C21H27N3O3/c1-21(2,14-24-12-9-16(10-13-24)19(25)27-3)20(26)23-17-8-4-6-15-7-5-11-22-18(15)17/h4-8,11,16H,9-10,12-14H2,1-3H3,(H,23,26). The molecule has 2 aromatic rings. The number of benzene rings is 1. The van der Waals surface area contributed by atoms with Gasteiger partial charge in [0, 0.05) is 18.1 Å². The molecular weight excluding hydrogens is 342 g/mol. The third kappa shape index (κ3) is 4.45. The van der Waals surface area contributed by atoms with Gasteiger partial charge in [-0.05, 0) is 51.9 Å². The first-order valence-corrected chi connectivity index (χ1v) is 9.36. The summed E-state index contributed by atoms with van der Waals surface area (Å²) in [5.74, 6) is -0.184. The molecule has 2 heterocycles. The number of likely N-dealkylation sites (tertiary alicyclic amines) is 1.